The van der Waals surface area contributed by atoms with Gasteiger partial charge in [0, 0.05) is 18.6 Å². The number of nitrogens with one attached hydrogen (secondary N) is 1. The molecule has 2 unspecified atom stereocenters. The van der Waals surface area contributed by atoms with Crippen molar-refractivity contribution in [3.05, 3.63) is 0 Å². The third-order valence-electron chi connectivity index (χ3n) is 5.28. The van der Waals surface area contributed by atoms with Gasteiger partial charge in [0.2, 0.25) is 0 Å². The minimum Gasteiger partial charge on any atom is -0.317 e. The molecule has 0 bridgehead atoms. The number of piperidine rings is 1. The Morgan fingerprint density at radius 3 is 2.50 bits per heavy atom. The summed E-state index contributed by atoms with van der Waals surface area (Å²) in [6, 6.07) is 1.56. The van der Waals surface area contributed by atoms with E-state index in [1.165, 1.54) is 51.6 Å². The van der Waals surface area contributed by atoms with Crippen LogP contribution in [0.3, 0.4) is 0 Å². The van der Waals surface area contributed by atoms with Crippen molar-refractivity contribution in [3.63, 3.8) is 0 Å². The van der Waals surface area contributed by atoms with E-state index in [0.717, 1.165) is 23.4 Å². The zero-order valence-electron chi connectivity index (χ0n) is 10.8. The van der Waals surface area contributed by atoms with E-state index < -0.39 is 0 Å². The van der Waals surface area contributed by atoms with E-state index in [-0.39, 0.29) is 0 Å². The predicted molar refractivity (Wildman–Crippen MR) is 67.5 cm³/mol. The monoisotopic (exact) mass is 222 g/mol. The maximum Gasteiger partial charge on any atom is 0.00910 e. The van der Waals surface area contributed by atoms with Crippen LogP contribution in [-0.4, -0.2) is 37.1 Å². The van der Waals surface area contributed by atoms with Gasteiger partial charge in [-0.05, 0) is 70.4 Å². The molecule has 0 radical (unpaired) electrons. The van der Waals surface area contributed by atoms with Gasteiger partial charge < -0.3 is 5.32 Å². The molecule has 1 saturated heterocycles. The second-order valence-corrected chi connectivity index (χ2v) is 6.47. The lowest BCUT2D eigenvalue weighted by Gasteiger charge is -2.39. The standard InChI is InChI=1S/C14H26N2/c1-11-9-13(15-2)5-8-16(11)10-14(6-7-14)12-3-4-12/h11-13,15H,3-10H2,1-2H3. The Morgan fingerprint density at radius 1 is 1.25 bits per heavy atom. The maximum atomic E-state index is 3.44. The molecule has 3 rings (SSSR count). The molecular formula is C14H26N2. The molecule has 1 N–H and O–H groups in total. The highest BCUT2D eigenvalue weighted by Crippen LogP contribution is 2.61. The third kappa shape index (κ3) is 2.02. The number of hydrogen-bond donors (Lipinski definition) is 1. The SMILES string of the molecule is CNC1CCN(CC2(C3CC3)CC2)C(C)C1. The second-order valence-electron chi connectivity index (χ2n) is 6.47. The summed E-state index contributed by atoms with van der Waals surface area (Å²) in [4.78, 5) is 2.78. The number of nitrogens with zero attached hydrogens (tertiary/aromatic N) is 1. The van der Waals surface area contributed by atoms with Crippen LogP contribution in [0.2, 0.25) is 0 Å². The first kappa shape index (κ1) is 11.0. The Balaban J connectivity index is 1.55. The number of rotatable bonds is 4. The average molecular weight is 222 g/mol. The third-order valence-corrected chi connectivity index (χ3v) is 5.28. The first-order valence-corrected chi connectivity index (χ1v) is 7.15. The molecule has 92 valence electrons. The van der Waals surface area contributed by atoms with Crippen LogP contribution in [-0.2, 0) is 0 Å². The normalized spacial score (nSPS) is 38.6. The molecule has 2 nitrogen and oxygen atoms in total. The highest BCUT2D eigenvalue weighted by molar-refractivity contribution is 5.06. The molecule has 0 amide bonds. The summed E-state index contributed by atoms with van der Waals surface area (Å²) in [5.74, 6) is 1.11. The van der Waals surface area contributed by atoms with E-state index in [1.54, 1.807) is 0 Å². The lowest BCUT2D eigenvalue weighted by atomic mass is 9.94. The fraction of sp³-hybridized carbons (Fsp3) is 1.00. The van der Waals surface area contributed by atoms with Crippen molar-refractivity contribution in [2.75, 3.05) is 20.1 Å². The molecule has 1 heterocycles. The van der Waals surface area contributed by atoms with Gasteiger partial charge in [-0.25, -0.2) is 0 Å². The summed E-state index contributed by atoms with van der Waals surface area (Å²) in [5, 5.41) is 3.44. The Kier molecular flexibility index (Phi) is 2.75. The van der Waals surface area contributed by atoms with Gasteiger partial charge >= 0.3 is 0 Å². The predicted octanol–water partition coefficient (Wildman–Crippen LogP) is 2.25. The molecule has 16 heavy (non-hydrogen) atoms. The van der Waals surface area contributed by atoms with Crippen molar-refractivity contribution in [2.45, 2.75) is 57.5 Å². The summed E-state index contributed by atoms with van der Waals surface area (Å²) in [7, 11) is 2.11. The molecule has 0 aromatic heterocycles. The van der Waals surface area contributed by atoms with E-state index in [4.69, 9.17) is 0 Å². The van der Waals surface area contributed by atoms with E-state index in [9.17, 15) is 0 Å². The largest absolute Gasteiger partial charge is 0.317 e. The van der Waals surface area contributed by atoms with Crippen LogP contribution >= 0.6 is 0 Å². The van der Waals surface area contributed by atoms with E-state index in [0.29, 0.717) is 0 Å². The minimum absolute atomic E-state index is 0.766. The molecular weight excluding hydrogens is 196 g/mol. The smallest absolute Gasteiger partial charge is 0.00910 e. The van der Waals surface area contributed by atoms with Gasteiger partial charge in [0.1, 0.15) is 0 Å². The van der Waals surface area contributed by atoms with Crippen LogP contribution in [0.4, 0.5) is 0 Å². The van der Waals surface area contributed by atoms with Crippen molar-refractivity contribution < 1.29 is 0 Å². The highest BCUT2D eigenvalue weighted by Gasteiger charge is 2.54. The fourth-order valence-corrected chi connectivity index (χ4v) is 3.67. The van der Waals surface area contributed by atoms with Crippen molar-refractivity contribution in [2.24, 2.45) is 11.3 Å². The molecule has 2 atom stereocenters. The molecule has 2 heteroatoms. The molecule has 3 fully saturated rings. The number of likely N-dealkylation sites (tertiary alicyclic amines) is 1. The van der Waals surface area contributed by atoms with Gasteiger partial charge in [0.15, 0.2) is 0 Å². The van der Waals surface area contributed by atoms with Crippen molar-refractivity contribution >= 4 is 0 Å². The van der Waals surface area contributed by atoms with Crippen LogP contribution in [0, 0.1) is 11.3 Å². The van der Waals surface area contributed by atoms with Gasteiger partial charge in [0.25, 0.3) is 0 Å². The zero-order valence-corrected chi connectivity index (χ0v) is 10.8. The Hall–Kier alpha value is -0.0800. The topological polar surface area (TPSA) is 15.3 Å². The highest BCUT2D eigenvalue weighted by atomic mass is 15.2. The molecule has 0 spiro atoms. The summed E-state index contributed by atoms with van der Waals surface area (Å²) in [6.45, 7) is 5.16. The average Bonchev–Trinajstić information content (AvgIpc) is 3.14. The Morgan fingerprint density at radius 2 is 2.00 bits per heavy atom. The van der Waals surface area contributed by atoms with Crippen LogP contribution in [0.5, 0.6) is 0 Å². The molecule has 2 saturated carbocycles. The Bertz CT molecular complexity index is 255. The fourth-order valence-electron chi connectivity index (χ4n) is 3.67. The Labute approximate surface area is 99.8 Å². The first-order chi connectivity index (χ1) is 7.73. The van der Waals surface area contributed by atoms with E-state index in [1.807, 2.05) is 0 Å². The van der Waals surface area contributed by atoms with Crippen LogP contribution < -0.4 is 5.32 Å². The zero-order chi connectivity index (χ0) is 11.2. The van der Waals surface area contributed by atoms with Crippen LogP contribution in [0.1, 0.15) is 45.4 Å². The molecule has 0 aromatic rings. The van der Waals surface area contributed by atoms with Crippen molar-refractivity contribution in [1.29, 1.82) is 0 Å². The molecule has 3 aliphatic rings. The quantitative estimate of drug-likeness (QED) is 0.785. The number of hydrogen-bond acceptors (Lipinski definition) is 2. The lowest BCUT2D eigenvalue weighted by Crippen LogP contribution is -2.48. The summed E-state index contributed by atoms with van der Waals surface area (Å²) >= 11 is 0. The molecule has 0 aromatic carbocycles. The van der Waals surface area contributed by atoms with Crippen molar-refractivity contribution in [1.82, 2.24) is 10.2 Å². The van der Waals surface area contributed by atoms with Gasteiger partial charge in [-0.2, -0.15) is 0 Å². The van der Waals surface area contributed by atoms with Gasteiger partial charge in [-0.15, -0.1) is 0 Å². The van der Waals surface area contributed by atoms with Crippen LogP contribution in [0.25, 0.3) is 0 Å². The van der Waals surface area contributed by atoms with Gasteiger partial charge in [-0.1, -0.05) is 0 Å². The molecule has 1 aliphatic heterocycles. The lowest BCUT2D eigenvalue weighted by molar-refractivity contribution is 0.105. The van der Waals surface area contributed by atoms with Gasteiger partial charge in [-0.3, -0.25) is 4.90 Å². The maximum absolute atomic E-state index is 3.44. The second kappa shape index (κ2) is 3.99. The summed E-state index contributed by atoms with van der Waals surface area (Å²) < 4.78 is 0. The van der Waals surface area contributed by atoms with E-state index in [2.05, 4.69) is 24.2 Å². The first-order valence-electron chi connectivity index (χ1n) is 7.15. The molecule has 2 aliphatic carbocycles. The van der Waals surface area contributed by atoms with Crippen molar-refractivity contribution in [3.8, 4) is 0 Å². The summed E-state index contributed by atoms with van der Waals surface area (Å²) in [5.41, 5.74) is 0.792. The van der Waals surface area contributed by atoms with Gasteiger partial charge in [0.05, 0.1) is 0 Å². The van der Waals surface area contributed by atoms with Crippen LogP contribution in [0.15, 0.2) is 0 Å². The summed E-state index contributed by atoms with van der Waals surface area (Å²) in [6.07, 6.45) is 8.80. The van der Waals surface area contributed by atoms with E-state index >= 15 is 0 Å². The minimum atomic E-state index is 0.766.